The van der Waals surface area contributed by atoms with Gasteiger partial charge in [0.2, 0.25) is 5.91 Å². The first kappa shape index (κ1) is 44.2. The molecule has 0 aliphatic heterocycles. The fourth-order valence-electron chi connectivity index (χ4n) is 4.33. The van der Waals surface area contributed by atoms with Crippen LogP contribution in [0.15, 0.2) is 60.8 Å². The van der Waals surface area contributed by atoms with Crippen molar-refractivity contribution in [1.29, 1.82) is 0 Å². The molecule has 9 heteroatoms. The first-order valence-electron chi connectivity index (χ1n) is 17.7. The highest BCUT2D eigenvalue weighted by Gasteiger charge is 2.27. The second-order valence-electron chi connectivity index (χ2n) is 12.8. The summed E-state index contributed by atoms with van der Waals surface area (Å²) in [5, 5.41) is 13.6. The highest BCUT2D eigenvalue weighted by Crippen LogP contribution is 2.43. The van der Waals surface area contributed by atoms with Crippen molar-refractivity contribution in [1.82, 2.24) is 5.32 Å². The van der Waals surface area contributed by atoms with Crippen molar-refractivity contribution in [3.63, 3.8) is 0 Å². The number of aliphatic hydroxyl groups is 1. The molecule has 0 aromatic rings. The number of nitrogens with one attached hydrogen (secondary N) is 1. The van der Waals surface area contributed by atoms with Crippen LogP contribution in [0, 0.1) is 0 Å². The molecule has 0 saturated heterocycles. The minimum absolute atomic E-state index is 0.0475. The molecule has 0 bridgehead atoms. The number of likely N-dealkylation sites (N-methyl/N-ethyl adjacent to an activating group) is 1. The summed E-state index contributed by atoms with van der Waals surface area (Å²) in [5.41, 5.74) is 0. The van der Waals surface area contributed by atoms with Gasteiger partial charge in [-0.3, -0.25) is 13.8 Å². The molecule has 0 aromatic carbocycles. The van der Waals surface area contributed by atoms with Gasteiger partial charge in [-0.05, 0) is 64.2 Å². The zero-order valence-electron chi connectivity index (χ0n) is 29.8. The number of carbonyl (C=O) groups excluding carboxylic acids is 1. The fourth-order valence-corrected chi connectivity index (χ4v) is 5.06. The monoisotopic (exact) mass is 667 g/mol. The van der Waals surface area contributed by atoms with E-state index in [0.717, 1.165) is 77.0 Å². The highest BCUT2D eigenvalue weighted by atomic mass is 31.2. The van der Waals surface area contributed by atoms with Gasteiger partial charge in [0.25, 0.3) is 0 Å². The molecule has 0 rings (SSSR count). The van der Waals surface area contributed by atoms with E-state index >= 15 is 0 Å². The normalized spacial score (nSPS) is 15.5. The lowest BCUT2D eigenvalue weighted by Gasteiger charge is -2.25. The second kappa shape index (κ2) is 29.3. The lowest BCUT2D eigenvalue weighted by molar-refractivity contribution is -0.870. The maximum Gasteiger partial charge on any atom is 0.472 e. The van der Waals surface area contributed by atoms with Crippen LogP contribution in [0.2, 0.25) is 0 Å². The molecule has 0 aromatic heterocycles. The van der Waals surface area contributed by atoms with E-state index in [0.29, 0.717) is 17.4 Å². The van der Waals surface area contributed by atoms with E-state index in [-0.39, 0.29) is 19.1 Å². The zero-order valence-corrected chi connectivity index (χ0v) is 30.7. The number of phosphoric acid groups is 1. The number of carbonyl (C=O) groups is 1. The van der Waals surface area contributed by atoms with E-state index in [2.05, 4.69) is 67.8 Å². The summed E-state index contributed by atoms with van der Waals surface area (Å²) in [6.07, 6.45) is 35.8. The predicted octanol–water partition coefficient (Wildman–Crippen LogP) is 8.73. The molecule has 0 radical (unpaired) electrons. The number of allylic oxidation sites excluding steroid dienone is 9. The molecule has 0 fully saturated rings. The summed E-state index contributed by atoms with van der Waals surface area (Å²) in [5.74, 6) is -0.213. The van der Waals surface area contributed by atoms with Crippen LogP contribution in [-0.2, 0) is 18.4 Å². The number of hydrogen-bond donors (Lipinski definition) is 3. The molecular weight excluding hydrogens is 599 g/mol. The zero-order chi connectivity index (χ0) is 34.4. The first-order valence-corrected chi connectivity index (χ1v) is 19.2. The number of unbranched alkanes of at least 4 members (excludes halogenated alkanes) is 9. The Morgan fingerprint density at radius 1 is 0.761 bits per heavy atom. The van der Waals surface area contributed by atoms with Gasteiger partial charge in [-0.1, -0.05) is 107 Å². The first-order chi connectivity index (χ1) is 22.0. The van der Waals surface area contributed by atoms with E-state index in [9.17, 15) is 19.4 Å². The van der Waals surface area contributed by atoms with Gasteiger partial charge in [0.05, 0.1) is 39.9 Å². The van der Waals surface area contributed by atoms with E-state index in [1.807, 2.05) is 27.2 Å². The number of aliphatic hydroxyl groups excluding tert-OH is 1. The lowest BCUT2D eigenvalue weighted by atomic mass is 10.1. The number of quaternary nitrogens is 1. The average molecular weight is 668 g/mol. The quantitative estimate of drug-likeness (QED) is 0.0306. The molecule has 3 atom stereocenters. The van der Waals surface area contributed by atoms with Crippen molar-refractivity contribution in [2.24, 2.45) is 0 Å². The maximum absolute atomic E-state index is 12.7. The summed E-state index contributed by atoms with van der Waals surface area (Å²) < 4.78 is 23.3. The molecule has 0 heterocycles. The van der Waals surface area contributed by atoms with Crippen LogP contribution < -0.4 is 5.32 Å². The Hall–Kier alpha value is -1.80. The van der Waals surface area contributed by atoms with Crippen LogP contribution in [0.5, 0.6) is 0 Å². The average Bonchev–Trinajstić information content (AvgIpc) is 2.99. The number of nitrogens with zero attached hydrogens (tertiary/aromatic N) is 1. The van der Waals surface area contributed by atoms with Crippen LogP contribution in [-0.4, -0.2) is 73.4 Å². The SMILES string of the molecule is CC/C=C/CC/C=C/CC/C=C/C(O)C(COP(=O)(O)OCC[N+](C)(C)C)NC(=O)CCCCCCC/C=C\C/C=C\CCCC. The molecule has 0 spiro atoms. The summed E-state index contributed by atoms with van der Waals surface area (Å²) in [7, 11) is 1.52. The van der Waals surface area contributed by atoms with Gasteiger partial charge >= 0.3 is 7.82 Å². The molecule has 1 amide bonds. The van der Waals surface area contributed by atoms with Crippen molar-refractivity contribution < 1.29 is 32.9 Å². The van der Waals surface area contributed by atoms with Gasteiger partial charge < -0.3 is 19.8 Å². The smallest absolute Gasteiger partial charge is 0.387 e. The molecular formula is C37H68N2O6P+. The third-order valence-corrected chi connectivity index (χ3v) is 8.18. The van der Waals surface area contributed by atoms with Crippen LogP contribution >= 0.6 is 7.82 Å². The molecule has 266 valence electrons. The Labute approximate surface area is 281 Å². The van der Waals surface area contributed by atoms with Crippen molar-refractivity contribution in [2.45, 2.75) is 129 Å². The molecule has 46 heavy (non-hydrogen) atoms. The van der Waals surface area contributed by atoms with Crippen molar-refractivity contribution in [2.75, 3.05) is 40.9 Å². The van der Waals surface area contributed by atoms with Crippen LogP contribution in [0.1, 0.15) is 117 Å². The second-order valence-corrected chi connectivity index (χ2v) is 14.3. The Morgan fingerprint density at radius 2 is 1.33 bits per heavy atom. The van der Waals surface area contributed by atoms with Gasteiger partial charge in [-0.2, -0.15) is 0 Å². The summed E-state index contributed by atoms with van der Waals surface area (Å²) in [6, 6.07) is -0.875. The summed E-state index contributed by atoms with van der Waals surface area (Å²) in [4.78, 5) is 22.9. The van der Waals surface area contributed by atoms with Gasteiger partial charge in [0.15, 0.2) is 0 Å². The molecule has 0 aliphatic carbocycles. The van der Waals surface area contributed by atoms with Crippen molar-refractivity contribution in [3.05, 3.63) is 60.8 Å². The van der Waals surface area contributed by atoms with Gasteiger partial charge in [-0.15, -0.1) is 0 Å². The fraction of sp³-hybridized carbons (Fsp3) is 0.703. The largest absolute Gasteiger partial charge is 0.472 e. The van der Waals surface area contributed by atoms with Crippen molar-refractivity contribution >= 4 is 13.7 Å². The minimum Gasteiger partial charge on any atom is -0.387 e. The predicted molar refractivity (Wildman–Crippen MR) is 193 cm³/mol. The Balaban J connectivity index is 4.66. The number of amides is 1. The van der Waals surface area contributed by atoms with E-state index in [1.165, 1.54) is 19.3 Å². The molecule has 8 nitrogen and oxygen atoms in total. The Bertz CT molecular complexity index is 939. The van der Waals surface area contributed by atoms with Gasteiger partial charge in [0.1, 0.15) is 13.2 Å². The highest BCUT2D eigenvalue weighted by molar-refractivity contribution is 7.47. The van der Waals surface area contributed by atoms with Gasteiger partial charge in [-0.25, -0.2) is 4.57 Å². The summed E-state index contributed by atoms with van der Waals surface area (Å²) in [6.45, 7) is 4.56. The summed E-state index contributed by atoms with van der Waals surface area (Å²) >= 11 is 0. The number of phosphoric ester groups is 1. The maximum atomic E-state index is 12.7. The standard InChI is InChI=1S/C37H67N2O6P/c1-6-8-10-12-14-16-18-19-20-21-23-25-27-29-31-37(41)38-35(34-45-46(42,43)44-33-32-39(3,4)5)36(40)30-28-26-24-22-17-15-13-11-9-7-2/h9,11-12,14,17-19,22,28,30,35-36,40H,6-8,10,13,15-16,20-21,23-27,29,31-34H2,1-5H3,(H-,38,41,42,43)/p+1/b11-9+,14-12-,19-18-,22-17+,30-28+. The van der Waals surface area contributed by atoms with E-state index in [1.54, 1.807) is 6.08 Å². The molecule has 0 aliphatic rings. The topological polar surface area (TPSA) is 105 Å². The van der Waals surface area contributed by atoms with Crippen LogP contribution in [0.4, 0.5) is 0 Å². The van der Waals surface area contributed by atoms with Crippen LogP contribution in [0.25, 0.3) is 0 Å². The Morgan fingerprint density at radius 3 is 1.96 bits per heavy atom. The Kier molecular flexibility index (Phi) is 28.2. The number of hydrogen-bond acceptors (Lipinski definition) is 5. The molecule has 0 saturated carbocycles. The number of rotatable bonds is 30. The molecule has 3 unspecified atom stereocenters. The van der Waals surface area contributed by atoms with E-state index < -0.39 is 20.0 Å². The van der Waals surface area contributed by atoms with E-state index in [4.69, 9.17) is 9.05 Å². The van der Waals surface area contributed by atoms with Crippen molar-refractivity contribution in [3.8, 4) is 0 Å². The third-order valence-electron chi connectivity index (χ3n) is 7.20. The molecule has 3 N–H and O–H groups in total. The van der Waals surface area contributed by atoms with Gasteiger partial charge in [0, 0.05) is 6.42 Å². The van der Waals surface area contributed by atoms with Crippen LogP contribution in [0.3, 0.4) is 0 Å². The third kappa shape index (κ3) is 30.8. The minimum atomic E-state index is -4.34. The lowest BCUT2D eigenvalue weighted by Crippen LogP contribution is -2.45.